The van der Waals surface area contributed by atoms with Gasteiger partial charge in [-0.2, -0.15) is 17.4 Å². The van der Waals surface area contributed by atoms with Gasteiger partial charge >= 0.3 is 0 Å². The molecule has 2 rings (SSSR count). The van der Waals surface area contributed by atoms with Crippen LogP contribution in [-0.4, -0.2) is 43.9 Å². The number of hydrogen-bond donors (Lipinski definition) is 1. The van der Waals surface area contributed by atoms with Crippen molar-refractivity contribution in [1.82, 2.24) is 14.0 Å². The molecule has 0 radical (unpaired) electrons. The van der Waals surface area contributed by atoms with Gasteiger partial charge in [0, 0.05) is 38.9 Å². The van der Waals surface area contributed by atoms with Crippen LogP contribution >= 0.6 is 0 Å². The Labute approximate surface area is 133 Å². The first-order chi connectivity index (χ1) is 10.6. The Morgan fingerprint density at radius 1 is 1.23 bits per heavy atom. The summed E-state index contributed by atoms with van der Waals surface area (Å²) in [6, 6.07) is 3.84. The van der Waals surface area contributed by atoms with Crippen molar-refractivity contribution in [3.63, 3.8) is 0 Å². The lowest BCUT2D eigenvalue weighted by Gasteiger charge is -2.28. The highest BCUT2D eigenvalue weighted by atomic mass is 32.2. The molecule has 1 aliphatic heterocycles. The molecule has 1 N–H and O–H groups in total. The molecule has 1 aromatic rings. The van der Waals surface area contributed by atoms with Crippen LogP contribution in [0.4, 0.5) is 5.82 Å². The Hall–Kier alpha value is -1.18. The number of aromatic nitrogens is 1. The molecular formula is C15H26N4O2S. The maximum atomic E-state index is 12.1. The third kappa shape index (κ3) is 4.41. The van der Waals surface area contributed by atoms with E-state index in [-0.39, 0.29) is 0 Å². The summed E-state index contributed by atoms with van der Waals surface area (Å²) in [5.41, 5.74) is 0.936. The summed E-state index contributed by atoms with van der Waals surface area (Å²) in [5.74, 6) is 0.944. The molecule has 0 amide bonds. The van der Waals surface area contributed by atoms with E-state index in [9.17, 15) is 8.42 Å². The molecule has 6 nitrogen and oxygen atoms in total. The second-order valence-corrected chi connectivity index (χ2v) is 7.24. The number of pyridine rings is 1. The summed E-state index contributed by atoms with van der Waals surface area (Å²) in [6.07, 6.45) is 5.42. The lowest BCUT2D eigenvalue weighted by molar-refractivity contribution is 0.434. The zero-order chi connectivity index (χ0) is 16.0. The largest absolute Gasteiger partial charge is 0.357 e. The van der Waals surface area contributed by atoms with Crippen molar-refractivity contribution in [3.05, 3.63) is 23.9 Å². The predicted octanol–water partition coefficient (Wildman–Crippen LogP) is 1.75. The molecule has 1 fully saturated rings. The van der Waals surface area contributed by atoms with Crippen LogP contribution in [0.3, 0.4) is 0 Å². The van der Waals surface area contributed by atoms with Crippen molar-refractivity contribution in [3.8, 4) is 0 Å². The van der Waals surface area contributed by atoms with Gasteiger partial charge in [-0.15, -0.1) is 0 Å². The Morgan fingerprint density at radius 3 is 2.55 bits per heavy atom. The molecule has 1 aromatic heterocycles. The molecule has 124 valence electrons. The lowest BCUT2D eigenvalue weighted by Crippen LogP contribution is -2.40. The average Bonchev–Trinajstić information content (AvgIpc) is 2.55. The monoisotopic (exact) mass is 326 g/mol. The maximum Gasteiger partial charge on any atom is 0.279 e. The van der Waals surface area contributed by atoms with Crippen LogP contribution in [-0.2, 0) is 16.8 Å². The van der Waals surface area contributed by atoms with E-state index in [1.165, 1.54) is 23.6 Å². The topological polar surface area (TPSA) is 65.5 Å². The van der Waals surface area contributed by atoms with E-state index in [1.807, 2.05) is 26.0 Å². The molecule has 0 saturated carbocycles. The van der Waals surface area contributed by atoms with Gasteiger partial charge in [0.05, 0.1) is 0 Å². The SMILES string of the molecule is CCN(CC)S(=O)(=O)NCc1ccnc(N2CCCCC2)c1. The Morgan fingerprint density at radius 2 is 1.91 bits per heavy atom. The number of anilines is 1. The van der Waals surface area contributed by atoms with E-state index in [1.54, 1.807) is 6.20 Å². The maximum absolute atomic E-state index is 12.1. The first-order valence-corrected chi connectivity index (χ1v) is 9.45. The first-order valence-electron chi connectivity index (χ1n) is 8.01. The molecule has 0 aliphatic carbocycles. The Bertz CT molecular complexity index is 567. The molecule has 2 heterocycles. The fourth-order valence-corrected chi connectivity index (χ4v) is 3.91. The fourth-order valence-electron chi connectivity index (χ4n) is 2.70. The molecule has 1 aliphatic rings. The minimum absolute atomic E-state index is 0.294. The molecule has 7 heteroatoms. The van der Waals surface area contributed by atoms with Crippen LogP contribution in [0.5, 0.6) is 0 Å². The smallest absolute Gasteiger partial charge is 0.279 e. The first kappa shape index (κ1) is 17.2. The number of hydrogen-bond acceptors (Lipinski definition) is 4. The summed E-state index contributed by atoms with van der Waals surface area (Å²) in [4.78, 5) is 6.68. The highest BCUT2D eigenvalue weighted by molar-refractivity contribution is 7.87. The van der Waals surface area contributed by atoms with E-state index in [4.69, 9.17) is 0 Å². The van der Waals surface area contributed by atoms with Crippen molar-refractivity contribution in [1.29, 1.82) is 0 Å². The molecule has 1 saturated heterocycles. The number of nitrogens with one attached hydrogen (secondary N) is 1. The summed E-state index contributed by atoms with van der Waals surface area (Å²) in [7, 11) is -3.41. The van der Waals surface area contributed by atoms with Gasteiger partial charge in [-0.25, -0.2) is 4.98 Å². The standard InChI is InChI=1S/C15H26N4O2S/c1-3-19(4-2)22(20,21)17-13-14-8-9-16-15(12-14)18-10-6-5-7-11-18/h8-9,12,17H,3-7,10-11,13H2,1-2H3. The molecule has 0 spiro atoms. The molecule has 22 heavy (non-hydrogen) atoms. The summed E-state index contributed by atoms with van der Waals surface area (Å²) in [5, 5.41) is 0. The minimum Gasteiger partial charge on any atom is -0.357 e. The second-order valence-electron chi connectivity index (χ2n) is 5.48. The molecule has 0 bridgehead atoms. The zero-order valence-corrected chi connectivity index (χ0v) is 14.3. The van der Waals surface area contributed by atoms with Gasteiger partial charge in [0.25, 0.3) is 10.2 Å². The van der Waals surface area contributed by atoms with Crippen molar-refractivity contribution < 1.29 is 8.42 Å². The van der Waals surface area contributed by atoms with Crippen LogP contribution in [0.15, 0.2) is 18.3 Å². The summed E-state index contributed by atoms with van der Waals surface area (Å²) in [6.45, 7) is 6.97. The molecule has 0 unspecified atom stereocenters. The van der Waals surface area contributed by atoms with Crippen molar-refractivity contribution in [2.24, 2.45) is 0 Å². The van der Waals surface area contributed by atoms with Crippen LogP contribution in [0.25, 0.3) is 0 Å². The fraction of sp³-hybridized carbons (Fsp3) is 0.667. The van der Waals surface area contributed by atoms with E-state index in [0.29, 0.717) is 19.6 Å². The molecular weight excluding hydrogens is 300 g/mol. The van der Waals surface area contributed by atoms with Gasteiger partial charge in [0.2, 0.25) is 0 Å². The van der Waals surface area contributed by atoms with Crippen LogP contribution in [0.1, 0.15) is 38.7 Å². The number of rotatable bonds is 7. The van der Waals surface area contributed by atoms with Crippen LogP contribution in [0, 0.1) is 0 Å². The number of nitrogens with zero attached hydrogens (tertiary/aromatic N) is 3. The second kappa shape index (κ2) is 7.89. The minimum atomic E-state index is -3.41. The quantitative estimate of drug-likeness (QED) is 0.829. The number of piperidine rings is 1. The normalized spacial score (nSPS) is 16.2. The van der Waals surface area contributed by atoms with Gasteiger partial charge in [-0.3, -0.25) is 0 Å². The summed E-state index contributed by atoms with van der Waals surface area (Å²) < 4.78 is 28.4. The van der Waals surface area contributed by atoms with E-state index >= 15 is 0 Å². The average molecular weight is 326 g/mol. The van der Waals surface area contributed by atoms with Gasteiger partial charge in [0.1, 0.15) is 5.82 Å². The van der Waals surface area contributed by atoms with Crippen LogP contribution in [0.2, 0.25) is 0 Å². The predicted molar refractivity (Wildman–Crippen MR) is 89.0 cm³/mol. The summed E-state index contributed by atoms with van der Waals surface area (Å²) >= 11 is 0. The third-order valence-corrected chi connectivity index (χ3v) is 5.70. The highest BCUT2D eigenvalue weighted by Crippen LogP contribution is 2.18. The Kier molecular flexibility index (Phi) is 6.16. The van der Waals surface area contributed by atoms with E-state index in [2.05, 4.69) is 14.6 Å². The third-order valence-electron chi connectivity index (χ3n) is 3.99. The highest BCUT2D eigenvalue weighted by Gasteiger charge is 2.18. The molecule has 0 aromatic carbocycles. The van der Waals surface area contributed by atoms with Crippen molar-refractivity contribution >= 4 is 16.0 Å². The van der Waals surface area contributed by atoms with Gasteiger partial charge in [-0.05, 0) is 37.0 Å². The van der Waals surface area contributed by atoms with Crippen molar-refractivity contribution in [2.75, 3.05) is 31.1 Å². The zero-order valence-electron chi connectivity index (χ0n) is 13.5. The van der Waals surface area contributed by atoms with E-state index in [0.717, 1.165) is 24.5 Å². The van der Waals surface area contributed by atoms with Crippen molar-refractivity contribution in [2.45, 2.75) is 39.7 Å². The van der Waals surface area contributed by atoms with Gasteiger partial charge < -0.3 is 4.90 Å². The Balaban J connectivity index is 2.01. The van der Waals surface area contributed by atoms with Gasteiger partial charge in [-0.1, -0.05) is 13.8 Å². The van der Waals surface area contributed by atoms with Gasteiger partial charge in [0.15, 0.2) is 0 Å². The molecule has 0 atom stereocenters. The van der Waals surface area contributed by atoms with E-state index < -0.39 is 10.2 Å². The van der Waals surface area contributed by atoms with Crippen LogP contribution < -0.4 is 9.62 Å². The lowest BCUT2D eigenvalue weighted by atomic mass is 10.1.